The van der Waals surface area contributed by atoms with Gasteiger partial charge in [0.2, 0.25) is 0 Å². The highest BCUT2D eigenvalue weighted by molar-refractivity contribution is 7.52. The van der Waals surface area contributed by atoms with E-state index in [0.29, 0.717) is 16.1 Å². The second-order valence-electron chi connectivity index (χ2n) is 9.22. The average Bonchev–Trinajstić information content (AvgIpc) is 3.39. The third kappa shape index (κ3) is 6.03. The van der Waals surface area contributed by atoms with Gasteiger partial charge in [-0.05, 0) is 58.0 Å². The maximum atomic E-state index is 16.0. The molecule has 1 aliphatic rings. The molecule has 3 aromatic rings. The van der Waals surface area contributed by atoms with Crippen LogP contribution in [0.5, 0.6) is 5.75 Å². The Balaban J connectivity index is 1.60. The van der Waals surface area contributed by atoms with Gasteiger partial charge in [0.15, 0.2) is 11.9 Å². The number of nitrogen functional groups attached to an aromatic ring is 1. The second kappa shape index (κ2) is 11.4. The van der Waals surface area contributed by atoms with E-state index in [4.69, 9.17) is 35.9 Å². The number of rotatable bonds is 10. The van der Waals surface area contributed by atoms with E-state index in [1.54, 1.807) is 13.0 Å². The minimum Gasteiger partial charge on any atom is -0.465 e. The predicted molar refractivity (Wildman–Crippen MR) is 141 cm³/mol. The van der Waals surface area contributed by atoms with Crippen LogP contribution in [0.4, 0.5) is 10.2 Å². The number of aliphatic hydroxyl groups excluding tert-OH is 1. The number of nitrogens with two attached hydrogens (primary N) is 1. The summed E-state index contributed by atoms with van der Waals surface area (Å²) in [5.74, 6) is -0.369. The molecule has 0 radical (unpaired) electrons. The number of fused-ring (bicyclic) bond motifs is 1. The van der Waals surface area contributed by atoms with Crippen molar-refractivity contribution in [1.29, 1.82) is 0 Å². The number of carbonyl (C=O) groups excluding carboxylic acids is 1. The van der Waals surface area contributed by atoms with Crippen LogP contribution in [0.15, 0.2) is 42.9 Å². The molecular formula is C24H30ClFN5O7P. The first kappa shape index (κ1) is 29.2. The Morgan fingerprint density at radius 2 is 2.03 bits per heavy atom. The van der Waals surface area contributed by atoms with Gasteiger partial charge >= 0.3 is 13.7 Å². The van der Waals surface area contributed by atoms with Crippen molar-refractivity contribution in [2.45, 2.75) is 63.9 Å². The Morgan fingerprint density at radius 1 is 1.33 bits per heavy atom. The summed E-state index contributed by atoms with van der Waals surface area (Å²) in [4.78, 5) is 20.3. The number of aromatic nitrogens is 3. The molecule has 1 saturated heterocycles. The fraction of sp³-hybridized carbons (Fsp3) is 0.458. The summed E-state index contributed by atoms with van der Waals surface area (Å²) in [5, 5.41) is 14.4. The molecule has 0 bridgehead atoms. The first-order chi connectivity index (χ1) is 18.4. The third-order valence-electron chi connectivity index (χ3n) is 6.25. The number of nitrogens with zero attached hydrogens (tertiary/aromatic N) is 3. The van der Waals surface area contributed by atoms with Gasteiger partial charge < -0.3 is 29.4 Å². The molecule has 2 unspecified atom stereocenters. The number of esters is 1. The van der Waals surface area contributed by atoms with Crippen LogP contribution in [0.1, 0.15) is 33.9 Å². The maximum absolute atomic E-state index is 16.0. The molecule has 2 aromatic heterocycles. The summed E-state index contributed by atoms with van der Waals surface area (Å²) in [5.41, 5.74) is 3.89. The second-order valence-corrected chi connectivity index (χ2v) is 11.3. The van der Waals surface area contributed by atoms with E-state index in [2.05, 4.69) is 15.1 Å². The molecule has 1 fully saturated rings. The molecule has 7 atom stereocenters. The quantitative estimate of drug-likeness (QED) is 0.234. The molecule has 39 heavy (non-hydrogen) atoms. The Kier molecular flexibility index (Phi) is 8.50. The number of hydrogen-bond donors (Lipinski definition) is 3. The lowest BCUT2D eigenvalue weighted by molar-refractivity contribution is -0.144. The van der Waals surface area contributed by atoms with Crippen molar-refractivity contribution in [3.05, 3.63) is 47.9 Å². The first-order valence-corrected chi connectivity index (χ1v) is 14.1. The minimum absolute atomic E-state index is 0.105. The smallest absolute Gasteiger partial charge is 0.459 e. The van der Waals surface area contributed by atoms with Crippen LogP contribution in [-0.4, -0.2) is 62.2 Å². The van der Waals surface area contributed by atoms with Crippen LogP contribution < -0.4 is 15.3 Å². The van der Waals surface area contributed by atoms with Gasteiger partial charge in [0.25, 0.3) is 0 Å². The highest BCUT2D eigenvalue weighted by Crippen LogP contribution is 2.50. The molecule has 12 nitrogen and oxygen atoms in total. The average molecular weight is 586 g/mol. The van der Waals surface area contributed by atoms with Gasteiger partial charge in [0.05, 0.1) is 18.1 Å². The van der Waals surface area contributed by atoms with Crippen molar-refractivity contribution in [2.24, 2.45) is 0 Å². The Labute approximate surface area is 229 Å². The maximum Gasteiger partial charge on any atom is 0.459 e. The first-order valence-electron chi connectivity index (χ1n) is 12.1. The van der Waals surface area contributed by atoms with E-state index < -0.39 is 50.0 Å². The van der Waals surface area contributed by atoms with E-state index in [9.17, 15) is 14.5 Å². The van der Waals surface area contributed by atoms with Crippen molar-refractivity contribution in [3.8, 4) is 5.75 Å². The number of anilines is 1. The summed E-state index contributed by atoms with van der Waals surface area (Å²) in [6.45, 7) is 5.77. The van der Waals surface area contributed by atoms with Crippen molar-refractivity contribution < 1.29 is 37.4 Å². The number of hydrogen-bond acceptors (Lipinski definition) is 10. The van der Waals surface area contributed by atoms with E-state index in [0.717, 1.165) is 0 Å². The largest absolute Gasteiger partial charge is 0.465 e. The van der Waals surface area contributed by atoms with E-state index >= 15 is 4.39 Å². The molecule has 3 heterocycles. The highest BCUT2D eigenvalue weighted by Gasteiger charge is 2.57. The van der Waals surface area contributed by atoms with Crippen molar-refractivity contribution in [2.75, 3.05) is 12.3 Å². The summed E-state index contributed by atoms with van der Waals surface area (Å²) >= 11 is 5.93. The molecule has 0 saturated carbocycles. The third-order valence-corrected chi connectivity index (χ3v) is 8.27. The molecule has 4 N–H and O–H groups in total. The normalized spacial score (nSPS) is 26.2. The van der Waals surface area contributed by atoms with Crippen LogP contribution in [0.2, 0.25) is 5.02 Å². The van der Waals surface area contributed by atoms with Crippen LogP contribution in [-0.2, 0) is 23.4 Å². The highest BCUT2D eigenvalue weighted by atomic mass is 35.5. The van der Waals surface area contributed by atoms with E-state index in [1.165, 1.54) is 62.1 Å². The SMILES string of the molecule is CCOC(=O)[C@H](C)NP(=O)(Oc1ccc(Cl)cc1)OC(C)[C@H]1O[C@@H](n2ccc3c(N)ncnc32)[C@](C)(F)[C@@H]1O. The monoisotopic (exact) mass is 585 g/mol. The number of benzene rings is 1. The van der Waals surface area contributed by atoms with Crippen LogP contribution in [0.3, 0.4) is 0 Å². The Bertz CT molecular complexity index is 1370. The summed E-state index contributed by atoms with van der Waals surface area (Å²) in [7, 11) is -4.34. The summed E-state index contributed by atoms with van der Waals surface area (Å²) in [6.07, 6.45) is -2.78. The number of carbonyl (C=O) groups is 1. The molecule has 0 spiro atoms. The molecule has 0 aliphatic carbocycles. The van der Waals surface area contributed by atoms with Gasteiger partial charge in [-0.25, -0.2) is 18.9 Å². The fourth-order valence-electron chi connectivity index (χ4n) is 4.26. The fourth-order valence-corrected chi connectivity index (χ4v) is 6.08. The zero-order valence-corrected chi connectivity index (χ0v) is 23.3. The molecule has 1 aromatic carbocycles. The van der Waals surface area contributed by atoms with Gasteiger partial charge in [0.1, 0.15) is 41.8 Å². The number of aliphatic hydroxyl groups is 1. The van der Waals surface area contributed by atoms with Gasteiger partial charge in [-0.3, -0.25) is 9.32 Å². The Morgan fingerprint density at radius 3 is 2.69 bits per heavy atom. The lowest BCUT2D eigenvalue weighted by Gasteiger charge is -2.29. The number of nitrogens with one attached hydrogen (secondary N) is 1. The van der Waals surface area contributed by atoms with E-state index in [-0.39, 0.29) is 18.2 Å². The predicted octanol–water partition coefficient (Wildman–Crippen LogP) is 3.79. The summed E-state index contributed by atoms with van der Waals surface area (Å²) in [6, 6.07) is 6.46. The topological polar surface area (TPSA) is 160 Å². The lowest BCUT2D eigenvalue weighted by atomic mass is 9.96. The van der Waals surface area contributed by atoms with Gasteiger partial charge in [0, 0.05) is 11.2 Å². The van der Waals surface area contributed by atoms with Crippen molar-refractivity contribution in [3.63, 3.8) is 0 Å². The van der Waals surface area contributed by atoms with Gasteiger partial charge in [-0.1, -0.05) is 11.6 Å². The summed E-state index contributed by atoms with van der Waals surface area (Å²) < 4.78 is 53.6. The molecular weight excluding hydrogens is 556 g/mol. The van der Waals surface area contributed by atoms with Gasteiger partial charge in [-0.2, -0.15) is 5.09 Å². The molecule has 15 heteroatoms. The van der Waals surface area contributed by atoms with E-state index in [1.807, 2.05) is 0 Å². The zero-order valence-electron chi connectivity index (χ0n) is 21.7. The standard InChI is InChI=1S/C24H30ClFN5O7P/c1-5-35-22(33)13(2)30-39(34,38-16-8-6-15(25)7-9-16)37-14(3)18-19(32)24(4,26)23(36-18)31-11-10-17-20(27)28-12-29-21(17)31/h6-14,18-19,23,32H,5H2,1-4H3,(H,30,34)(H2,27,28,29)/t13-,14?,18+,19+,23+,24+,39?/m0/s1. The lowest BCUT2D eigenvalue weighted by Crippen LogP contribution is -2.44. The van der Waals surface area contributed by atoms with Crippen molar-refractivity contribution >= 4 is 42.2 Å². The van der Waals surface area contributed by atoms with Crippen LogP contribution in [0, 0.1) is 0 Å². The zero-order chi connectivity index (χ0) is 28.5. The molecule has 1 aliphatic heterocycles. The van der Waals surface area contributed by atoms with Crippen molar-refractivity contribution in [1.82, 2.24) is 19.6 Å². The number of alkyl halides is 1. The number of ether oxygens (including phenoxy) is 2. The minimum atomic E-state index is -4.34. The van der Waals surface area contributed by atoms with Crippen LogP contribution in [0.25, 0.3) is 11.0 Å². The van der Waals surface area contributed by atoms with Crippen LogP contribution >= 0.6 is 19.3 Å². The number of halogens is 2. The molecule has 212 valence electrons. The molecule has 0 amide bonds. The van der Waals surface area contributed by atoms with Gasteiger partial charge in [-0.15, -0.1) is 0 Å². The molecule has 4 rings (SSSR count). The Hall–Kier alpha value is -2.80.